The van der Waals surface area contributed by atoms with Crippen LogP contribution in [-0.2, 0) is 6.42 Å². The highest BCUT2D eigenvalue weighted by atomic mass is 35.5. The molecule has 25 heavy (non-hydrogen) atoms. The third kappa shape index (κ3) is 2.90. The third-order valence-electron chi connectivity index (χ3n) is 4.25. The van der Waals surface area contributed by atoms with Crippen LogP contribution >= 0.6 is 23.2 Å². The van der Waals surface area contributed by atoms with Crippen LogP contribution < -0.4 is 0 Å². The zero-order valence-corrected chi connectivity index (χ0v) is 15.1. The summed E-state index contributed by atoms with van der Waals surface area (Å²) in [4.78, 5) is 0. The second-order valence-electron chi connectivity index (χ2n) is 5.79. The molecular formula is C20H15Cl2N3. The number of hydrogen-bond acceptors (Lipinski definition) is 2. The predicted octanol–water partition coefficient (Wildman–Crippen LogP) is 5.93. The van der Waals surface area contributed by atoms with Gasteiger partial charge in [-0.3, -0.25) is 4.40 Å². The van der Waals surface area contributed by atoms with E-state index in [2.05, 4.69) is 23.3 Å². The normalized spacial score (nSPS) is 11.2. The van der Waals surface area contributed by atoms with Crippen molar-refractivity contribution in [3.05, 3.63) is 76.7 Å². The van der Waals surface area contributed by atoms with Gasteiger partial charge >= 0.3 is 0 Å². The number of pyridine rings is 1. The van der Waals surface area contributed by atoms with Crippen molar-refractivity contribution in [1.82, 2.24) is 14.6 Å². The summed E-state index contributed by atoms with van der Waals surface area (Å²) in [5.41, 5.74) is 4.94. The number of fused-ring (bicyclic) bond motifs is 1. The second kappa shape index (κ2) is 6.51. The number of nitrogens with zero attached hydrogens (tertiary/aromatic N) is 3. The lowest BCUT2D eigenvalue weighted by Gasteiger charge is -2.13. The van der Waals surface area contributed by atoms with Crippen molar-refractivity contribution in [3.63, 3.8) is 0 Å². The second-order valence-corrected chi connectivity index (χ2v) is 6.63. The zero-order valence-electron chi connectivity index (χ0n) is 13.6. The van der Waals surface area contributed by atoms with E-state index in [1.54, 1.807) is 0 Å². The number of halogens is 2. The lowest BCUT2D eigenvalue weighted by atomic mass is 9.96. The molecule has 2 aromatic carbocycles. The quantitative estimate of drug-likeness (QED) is 0.448. The van der Waals surface area contributed by atoms with E-state index in [4.69, 9.17) is 23.2 Å². The molecule has 0 aliphatic rings. The van der Waals surface area contributed by atoms with Crippen LogP contribution in [-0.4, -0.2) is 14.6 Å². The van der Waals surface area contributed by atoms with E-state index in [0.717, 1.165) is 40.1 Å². The molecule has 0 amide bonds. The molecule has 0 unspecified atom stereocenters. The van der Waals surface area contributed by atoms with Crippen LogP contribution in [0.25, 0.3) is 27.9 Å². The van der Waals surface area contributed by atoms with Gasteiger partial charge in [-0.25, -0.2) is 0 Å². The first-order valence-electron chi connectivity index (χ1n) is 8.06. The Hall–Kier alpha value is -2.36. The van der Waals surface area contributed by atoms with Crippen LogP contribution in [0.2, 0.25) is 10.0 Å². The minimum absolute atomic E-state index is 0.708. The molecule has 0 saturated heterocycles. The number of rotatable bonds is 3. The monoisotopic (exact) mass is 367 g/mol. The Labute approximate surface area is 155 Å². The van der Waals surface area contributed by atoms with Crippen molar-refractivity contribution in [2.45, 2.75) is 13.3 Å². The number of hydrogen-bond donors (Lipinski definition) is 0. The van der Waals surface area contributed by atoms with Crippen LogP contribution in [0.15, 0.2) is 60.8 Å². The Balaban J connectivity index is 2.04. The van der Waals surface area contributed by atoms with E-state index >= 15 is 0 Å². The summed E-state index contributed by atoms with van der Waals surface area (Å²) in [5, 5.41) is 10.0. The summed E-state index contributed by atoms with van der Waals surface area (Å²) >= 11 is 12.5. The van der Waals surface area contributed by atoms with Crippen molar-refractivity contribution < 1.29 is 0 Å². The smallest absolute Gasteiger partial charge is 0.161 e. The SMILES string of the molecule is CCc1nnc2cc(-c3ccc(Cl)cc3)c(-c3ccccc3Cl)cn12. The summed E-state index contributed by atoms with van der Waals surface area (Å²) in [6.45, 7) is 2.07. The maximum absolute atomic E-state index is 6.48. The first kappa shape index (κ1) is 16.1. The predicted molar refractivity (Wildman–Crippen MR) is 103 cm³/mol. The van der Waals surface area contributed by atoms with Crippen molar-refractivity contribution in [2.75, 3.05) is 0 Å². The molecule has 124 valence electrons. The Morgan fingerprint density at radius 2 is 1.64 bits per heavy atom. The Bertz CT molecular complexity index is 1050. The van der Waals surface area contributed by atoms with Crippen molar-refractivity contribution in [1.29, 1.82) is 0 Å². The molecule has 0 spiro atoms. The molecule has 0 saturated carbocycles. The molecule has 4 rings (SSSR count). The van der Waals surface area contributed by atoms with Crippen LogP contribution in [0.3, 0.4) is 0 Å². The largest absolute Gasteiger partial charge is 0.286 e. The van der Waals surface area contributed by atoms with Gasteiger partial charge in [-0.1, -0.05) is 60.5 Å². The van der Waals surface area contributed by atoms with Crippen molar-refractivity contribution >= 4 is 28.8 Å². The molecule has 0 fully saturated rings. The molecule has 0 aliphatic heterocycles. The molecule has 0 aliphatic carbocycles. The highest BCUT2D eigenvalue weighted by Crippen LogP contribution is 2.37. The minimum atomic E-state index is 0.708. The summed E-state index contributed by atoms with van der Waals surface area (Å²) < 4.78 is 2.03. The van der Waals surface area contributed by atoms with Crippen LogP contribution in [0.4, 0.5) is 0 Å². The van der Waals surface area contributed by atoms with Gasteiger partial charge in [0, 0.05) is 33.8 Å². The number of aromatic nitrogens is 3. The van der Waals surface area contributed by atoms with E-state index in [1.165, 1.54) is 0 Å². The van der Waals surface area contributed by atoms with E-state index in [0.29, 0.717) is 10.0 Å². The average molecular weight is 368 g/mol. The highest BCUT2D eigenvalue weighted by Gasteiger charge is 2.14. The summed E-state index contributed by atoms with van der Waals surface area (Å²) in [6.07, 6.45) is 2.88. The van der Waals surface area contributed by atoms with Crippen molar-refractivity contribution in [2.24, 2.45) is 0 Å². The van der Waals surface area contributed by atoms with E-state index in [9.17, 15) is 0 Å². The van der Waals surface area contributed by atoms with Gasteiger partial charge in [-0.15, -0.1) is 10.2 Å². The molecule has 0 N–H and O–H groups in total. The molecule has 0 atom stereocenters. The van der Waals surface area contributed by atoms with Crippen molar-refractivity contribution in [3.8, 4) is 22.3 Å². The third-order valence-corrected chi connectivity index (χ3v) is 4.83. The van der Waals surface area contributed by atoms with Gasteiger partial charge in [0.1, 0.15) is 5.82 Å². The molecule has 2 heterocycles. The summed E-state index contributed by atoms with van der Waals surface area (Å²) in [5.74, 6) is 0.922. The Morgan fingerprint density at radius 1 is 0.880 bits per heavy atom. The van der Waals surface area contributed by atoms with Gasteiger partial charge < -0.3 is 0 Å². The Kier molecular flexibility index (Phi) is 4.20. The molecule has 5 heteroatoms. The van der Waals surface area contributed by atoms with Gasteiger partial charge in [0.2, 0.25) is 0 Å². The fourth-order valence-corrected chi connectivity index (χ4v) is 3.35. The molecule has 3 nitrogen and oxygen atoms in total. The maximum atomic E-state index is 6.48. The standard InChI is InChI=1S/C20H15Cl2N3/c1-2-19-23-24-20-11-16(13-7-9-14(21)10-8-13)17(12-25(19)20)15-5-3-4-6-18(15)22/h3-12H,2H2,1H3. The Morgan fingerprint density at radius 3 is 2.36 bits per heavy atom. The van der Waals surface area contributed by atoms with Crippen LogP contribution in [0.5, 0.6) is 0 Å². The topological polar surface area (TPSA) is 30.2 Å². The minimum Gasteiger partial charge on any atom is -0.286 e. The van der Waals surface area contributed by atoms with E-state index < -0.39 is 0 Å². The average Bonchev–Trinajstić information content (AvgIpc) is 3.04. The lowest BCUT2D eigenvalue weighted by molar-refractivity contribution is 0.910. The molecule has 0 bridgehead atoms. The first-order chi connectivity index (χ1) is 12.2. The molecule has 0 radical (unpaired) electrons. The van der Waals surface area contributed by atoms with Gasteiger partial charge in [0.25, 0.3) is 0 Å². The fourth-order valence-electron chi connectivity index (χ4n) is 2.99. The number of aryl methyl sites for hydroxylation is 1. The van der Waals surface area contributed by atoms with E-state index in [-0.39, 0.29) is 0 Å². The summed E-state index contributed by atoms with van der Waals surface area (Å²) in [7, 11) is 0. The van der Waals surface area contributed by atoms with E-state index in [1.807, 2.05) is 59.0 Å². The summed E-state index contributed by atoms with van der Waals surface area (Å²) in [6, 6.07) is 17.7. The van der Waals surface area contributed by atoms with Crippen LogP contribution in [0, 0.1) is 0 Å². The number of benzene rings is 2. The molecule has 4 aromatic rings. The highest BCUT2D eigenvalue weighted by molar-refractivity contribution is 6.33. The zero-order chi connectivity index (χ0) is 17.4. The maximum Gasteiger partial charge on any atom is 0.161 e. The van der Waals surface area contributed by atoms with Gasteiger partial charge in [-0.05, 0) is 35.4 Å². The molecule has 2 aromatic heterocycles. The molecular weight excluding hydrogens is 353 g/mol. The van der Waals surface area contributed by atoms with Crippen LogP contribution in [0.1, 0.15) is 12.7 Å². The van der Waals surface area contributed by atoms with Gasteiger partial charge in [0.05, 0.1) is 0 Å². The first-order valence-corrected chi connectivity index (χ1v) is 8.81. The van der Waals surface area contributed by atoms with Gasteiger partial charge in [-0.2, -0.15) is 0 Å². The lowest BCUT2D eigenvalue weighted by Crippen LogP contribution is -1.96. The van der Waals surface area contributed by atoms with Gasteiger partial charge in [0.15, 0.2) is 5.65 Å². The fraction of sp³-hybridized carbons (Fsp3) is 0.100.